The first kappa shape index (κ1) is 22.5. The third kappa shape index (κ3) is 3.08. The highest BCUT2D eigenvalue weighted by Crippen LogP contribution is 2.48. The van der Waals surface area contributed by atoms with Gasteiger partial charge in [-0.25, -0.2) is 9.78 Å². The molecule has 0 bridgehead atoms. The number of aromatic nitrogens is 2. The summed E-state index contributed by atoms with van der Waals surface area (Å²) in [7, 11) is 0. The summed E-state index contributed by atoms with van der Waals surface area (Å²) in [5, 5.41) is 8.83. The van der Waals surface area contributed by atoms with Gasteiger partial charge in [-0.1, -0.05) is 5.16 Å². The quantitative estimate of drug-likeness (QED) is 0.466. The molecule has 34 heavy (non-hydrogen) atoms. The van der Waals surface area contributed by atoms with Gasteiger partial charge in [0.15, 0.2) is 16.7 Å². The molecule has 0 saturated carbocycles. The number of nitrogens with one attached hydrogen (secondary N) is 2. The van der Waals surface area contributed by atoms with Crippen LogP contribution in [0.2, 0.25) is 0 Å². The van der Waals surface area contributed by atoms with Crippen LogP contribution in [-0.4, -0.2) is 69.1 Å². The minimum Gasteiger partial charge on any atom is -0.372 e. The molecule has 1 spiro atoms. The number of nitrogens with zero attached hydrogens (tertiary/aromatic N) is 4. The predicted molar refractivity (Wildman–Crippen MR) is 118 cm³/mol. The zero-order valence-corrected chi connectivity index (χ0v) is 19.7. The lowest BCUT2D eigenvalue weighted by Crippen LogP contribution is -2.74. The number of barbiturate groups is 1. The number of fused-ring (bicyclic) bond motifs is 5. The maximum Gasteiger partial charge on any atom is 0.345 e. The van der Waals surface area contributed by atoms with E-state index in [-0.39, 0.29) is 29.8 Å². The van der Waals surface area contributed by atoms with Gasteiger partial charge in [-0.3, -0.25) is 19.7 Å². The second kappa shape index (κ2) is 7.64. The molecule has 5 rings (SSSR count). The second-order valence-electron chi connectivity index (χ2n) is 9.20. The highest BCUT2D eigenvalue weighted by atomic mass is 35.5. The Morgan fingerprint density at radius 3 is 2.76 bits per heavy atom. The molecule has 0 aliphatic carbocycles. The van der Waals surface area contributed by atoms with E-state index in [4.69, 9.17) is 21.0 Å². The van der Waals surface area contributed by atoms with Crippen LogP contribution in [0.4, 0.5) is 10.5 Å². The SMILES string of the molecule is CC(C)NC(=O)c1noc2cc3c(nc12)CC1(C(=O)NC(=O)N(Cl)C1=O)[C@@H]1[C@@H](C)O[C@@H](C)CN31. The monoisotopic (exact) mass is 490 g/mol. The first-order valence-electron chi connectivity index (χ1n) is 10.9. The fourth-order valence-corrected chi connectivity index (χ4v) is 5.40. The Balaban J connectivity index is 1.70. The summed E-state index contributed by atoms with van der Waals surface area (Å²) in [6.07, 6.45) is -0.927. The Morgan fingerprint density at radius 1 is 1.32 bits per heavy atom. The summed E-state index contributed by atoms with van der Waals surface area (Å²) in [6.45, 7) is 7.62. The first-order chi connectivity index (χ1) is 16.0. The van der Waals surface area contributed by atoms with E-state index in [0.29, 0.717) is 27.9 Å². The molecular weight excluding hydrogens is 468 g/mol. The summed E-state index contributed by atoms with van der Waals surface area (Å²) >= 11 is 6.00. The number of hydrogen-bond donors (Lipinski definition) is 2. The molecule has 12 nitrogen and oxygen atoms in total. The summed E-state index contributed by atoms with van der Waals surface area (Å²) in [5.74, 6) is -2.07. The molecule has 1 unspecified atom stereocenters. The Labute approximate surface area is 199 Å². The Morgan fingerprint density at radius 2 is 2.06 bits per heavy atom. The molecule has 180 valence electrons. The van der Waals surface area contributed by atoms with Crippen molar-refractivity contribution in [3.8, 4) is 0 Å². The van der Waals surface area contributed by atoms with Crippen molar-refractivity contribution in [3.05, 3.63) is 17.5 Å². The molecule has 3 aliphatic heterocycles. The van der Waals surface area contributed by atoms with E-state index in [2.05, 4.69) is 20.8 Å². The van der Waals surface area contributed by atoms with Crippen LogP contribution in [0.5, 0.6) is 0 Å². The molecule has 13 heteroatoms. The summed E-state index contributed by atoms with van der Waals surface area (Å²) in [5.41, 5.74) is -0.240. The van der Waals surface area contributed by atoms with Gasteiger partial charge in [-0.05, 0) is 27.7 Å². The van der Waals surface area contributed by atoms with Gasteiger partial charge in [0.2, 0.25) is 5.91 Å². The van der Waals surface area contributed by atoms with E-state index in [0.717, 1.165) is 0 Å². The molecular formula is C21H23ClN6O6. The fraction of sp³-hybridized carbons (Fsp3) is 0.524. The third-order valence-corrected chi connectivity index (χ3v) is 6.75. The van der Waals surface area contributed by atoms with E-state index >= 15 is 0 Å². The number of halogens is 1. The lowest BCUT2D eigenvalue weighted by atomic mass is 9.67. The standard InChI is InChI=1S/C21H23ClN6O6/c1-8(2)23-17(29)15-14-13(34-26-15)5-12-11(24-14)6-21(16-10(4)33-9(3)7-27(12)16)18(30)25-20(32)28(22)19(21)31/h5,8-10,16H,6-7H2,1-4H3,(H,23,29)(H,25,30,32)/t9-,10+,16-,21?/m0/s1. The Kier molecular flexibility index (Phi) is 5.06. The van der Waals surface area contributed by atoms with E-state index in [1.807, 2.05) is 25.7 Å². The first-order valence-corrected chi connectivity index (χ1v) is 11.3. The second-order valence-corrected chi connectivity index (χ2v) is 9.54. The minimum atomic E-state index is -1.76. The van der Waals surface area contributed by atoms with Gasteiger partial charge in [0.05, 0.1) is 29.6 Å². The van der Waals surface area contributed by atoms with Gasteiger partial charge in [0.1, 0.15) is 5.52 Å². The van der Waals surface area contributed by atoms with Gasteiger partial charge in [-0.2, -0.15) is 4.42 Å². The van der Waals surface area contributed by atoms with E-state index in [9.17, 15) is 19.2 Å². The smallest absolute Gasteiger partial charge is 0.345 e. The maximum atomic E-state index is 13.4. The number of urea groups is 1. The lowest BCUT2D eigenvalue weighted by molar-refractivity contribution is -0.157. The normalized spacial score (nSPS) is 28.9. The van der Waals surface area contributed by atoms with Crippen LogP contribution in [0.1, 0.15) is 43.9 Å². The van der Waals surface area contributed by atoms with Gasteiger partial charge in [0.25, 0.3) is 11.8 Å². The van der Waals surface area contributed by atoms with Crippen LogP contribution in [0.3, 0.4) is 0 Å². The topological polar surface area (TPSA) is 147 Å². The summed E-state index contributed by atoms with van der Waals surface area (Å²) in [6, 6.07) is -0.194. The predicted octanol–water partition coefficient (Wildman–Crippen LogP) is 1.12. The molecule has 2 fully saturated rings. The third-order valence-electron chi connectivity index (χ3n) is 6.44. The highest BCUT2D eigenvalue weighted by molar-refractivity contribution is 6.36. The molecule has 2 aromatic rings. The van der Waals surface area contributed by atoms with Crippen molar-refractivity contribution in [2.45, 2.75) is 58.4 Å². The van der Waals surface area contributed by atoms with Crippen molar-refractivity contribution in [2.75, 3.05) is 11.4 Å². The molecule has 5 heterocycles. The van der Waals surface area contributed by atoms with Crippen molar-refractivity contribution in [2.24, 2.45) is 5.41 Å². The van der Waals surface area contributed by atoms with Crippen molar-refractivity contribution >= 4 is 52.3 Å². The number of ether oxygens (including phenoxy) is 1. The molecule has 2 N–H and O–H groups in total. The Hall–Kier alpha value is -3.25. The number of morpholine rings is 1. The highest BCUT2D eigenvalue weighted by Gasteiger charge is 2.65. The molecule has 4 atom stereocenters. The van der Waals surface area contributed by atoms with E-state index < -0.39 is 41.3 Å². The summed E-state index contributed by atoms with van der Waals surface area (Å²) in [4.78, 5) is 57.9. The van der Waals surface area contributed by atoms with Crippen LogP contribution in [-0.2, 0) is 20.7 Å². The van der Waals surface area contributed by atoms with Gasteiger partial charge < -0.3 is 19.5 Å². The van der Waals surface area contributed by atoms with Crippen LogP contribution in [0.15, 0.2) is 10.6 Å². The van der Waals surface area contributed by atoms with Crippen LogP contribution < -0.4 is 15.5 Å². The molecule has 3 aliphatic rings. The minimum absolute atomic E-state index is 0.0000398. The summed E-state index contributed by atoms with van der Waals surface area (Å²) < 4.78 is 11.8. The zero-order chi connectivity index (χ0) is 24.5. The molecule has 0 aromatic carbocycles. The average molecular weight is 491 g/mol. The molecule has 5 amide bonds. The number of hydrogen-bond acceptors (Lipinski definition) is 9. The zero-order valence-electron chi connectivity index (χ0n) is 18.9. The van der Waals surface area contributed by atoms with Crippen molar-refractivity contribution in [3.63, 3.8) is 0 Å². The number of amides is 5. The molecule has 0 radical (unpaired) electrons. The fourth-order valence-electron chi connectivity index (χ4n) is 5.21. The van der Waals surface area contributed by atoms with Crippen molar-refractivity contribution < 1.29 is 28.4 Å². The number of rotatable bonds is 2. The molecule has 2 saturated heterocycles. The van der Waals surface area contributed by atoms with Gasteiger partial charge >= 0.3 is 6.03 Å². The number of carbonyl (C=O) groups is 4. The number of imide groups is 2. The van der Waals surface area contributed by atoms with Crippen LogP contribution in [0, 0.1) is 5.41 Å². The largest absolute Gasteiger partial charge is 0.372 e. The average Bonchev–Trinajstić information content (AvgIpc) is 3.17. The lowest BCUT2D eigenvalue weighted by Gasteiger charge is -2.55. The van der Waals surface area contributed by atoms with Crippen LogP contribution in [0.25, 0.3) is 11.1 Å². The van der Waals surface area contributed by atoms with Crippen molar-refractivity contribution in [1.29, 1.82) is 0 Å². The van der Waals surface area contributed by atoms with Crippen molar-refractivity contribution in [1.82, 2.24) is 25.2 Å². The molecule has 2 aromatic heterocycles. The number of anilines is 1. The van der Waals surface area contributed by atoms with E-state index in [1.54, 1.807) is 13.0 Å². The van der Waals surface area contributed by atoms with E-state index in [1.165, 1.54) is 0 Å². The number of carbonyl (C=O) groups excluding carboxylic acids is 4. The van der Waals surface area contributed by atoms with Gasteiger partial charge in [-0.15, -0.1) is 0 Å². The number of pyridine rings is 1. The maximum absolute atomic E-state index is 13.4. The van der Waals surface area contributed by atoms with Crippen LogP contribution >= 0.6 is 11.8 Å². The van der Waals surface area contributed by atoms with Gasteiger partial charge in [0, 0.05) is 36.9 Å². The Bertz CT molecular complexity index is 1250.